The molecule has 0 unspecified atom stereocenters. The van der Waals surface area contributed by atoms with Gasteiger partial charge in [-0.05, 0) is 82.4 Å². The molecule has 0 aliphatic rings. The minimum Gasteiger partial charge on any atom is -0.309 e. The Kier molecular flexibility index (Phi) is 7.22. The Morgan fingerprint density at radius 3 is 1.69 bits per heavy atom. The number of hydrogen-bond acceptors (Lipinski definition) is 2. The average Bonchev–Trinajstić information content (AvgIpc) is 3.76. The Morgan fingerprint density at radius 2 is 0.926 bits per heavy atom. The fraction of sp³-hybridized carbons (Fsp3) is 0. The zero-order valence-corrected chi connectivity index (χ0v) is 29.1. The molecule has 0 radical (unpaired) electrons. The molecule has 0 aliphatic carbocycles. The van der Waals surface area contributed by atoms with E-state index in [1.807, 2.05) is 42.5 Å². The zero-order valence-electron chi connectivity index (χ0n) is 29.1. The van der Waals surface area contributed by atoms with Crippen LogP contribution in [0.4, 0.5) is 0 Å². The summed E-state index contributed by atoms with van der Waals surface area (Å²) in [5, 5.41) is 24.4. The van der Waals surface area contributed by atoms with Crippen LogP contribution in [-0.2, 0) is 0 Å². The van der Waals surface area contributed by atoms with Gasteiger partial charge in [-0.15, -0.1) is 0 Å². The molecule has 0 atom stereocenters. The maximum atomic E-state index is 10.1. The molecular formula is C50H30N4. The molecular weight excluding hydrogens is 657 g/mol. The maximum Gasteiger partial charge on any atom is 0.101 e. The first kappa shape index (κ1) is 31.1. The van der Waals surface area contributed by atoms with Crippen molar-refractivity contribution in [2.45, 2.75) is 0 Å². The monoisotopic (exact) mass is 686 g/mol. The Hall–Kier alpha value is -7.66. The third-order valence-corrected chi connectivity index (χ3v) is 10.6. The number of nitrogens with zero attached hydrogens (tertiary/aromatic N) is 4. The summed E-state index contributed by atoms with van der Waals surface area (Å²) >= 11 is 0. The van der Waals surface area contributed by atoms with Crippen LogP contribution in [0.25, 0.3) is 88.4 Å². The molecule has 0 fully saturated rings. The van der Waals surface area contributed by atoms with E-state index in [1.165, 1.54) is 0 Å². The van der Waals surface area contributed by atoms with Crippen LogP contribution in [0.3, 0.4) is 0 Å². The number of fused-ring (bicyclic) bond motifs is 6. The summed E-state index contributed by atoms with van der Waals surface area (Å²) in [6.07, 6.45) is 0. The lowest BCUT2D eigenvalue weighted by Gasteiger charge is -2.17. The lowest BCUT2D eigenvalue weighted by atomic mass is 9.87. The van der Waals surface area contributed by atoms with Crippen molar-refractivity contribution in [2.24, 2.45) is 0 Å². The van der Waals surface area contributed by atoms with Gasteiger partial charge in [0.2, 0.25) is 0 Å². The SMILES string of the molecule is N#Cc1ccc2c(c1)c1cccc(-c3ccccc3-c3ccccc3-c3cccc4c3c3ccccc3n4-c3ccccc3C#N)c1n2-c1ccccc1. The zero-order chi connectivity index (χ0) is 36.2. The largest absolute Gasteiger partial charge is 0.309 e. The first-order valence-electron chi connectivity index (χ1n) is 18.0. The number of para-hydroxylation sites is 4. The van der Waals surface area contributed by atoms with Gasteiger partial charge in [0.05, 0.1) is 45.0 Å². The fourth-order valence-corrected chi connectivity index (χ4v) is 8.37. The van der Waals surface area contributed by atoms with Crippen molar-refractivity contribution >= 4 is 43.6 Å². The maximum absolute atomic E-state index is 10.1. The summed E-state index contributed by atoms with van der Waals surface area (Å²) in [7, 11) is 0. The van der Waals surface area contributed by atoms with E-state index in [-0.39, 0.29) is 0 Å². The van der Waals surface area contributed by atoms with Crippen LogP contribution >= 0.6 is 0 Å². The average molecular weight is 687 g/mol. The van der Waals surface area contributed by atoms with Gasteiger partial charge in [0.25, 0.3) is 0 Å². The molecule has 0 aliphatic heterocycles. The molecule has 250 valence electrons. The van der Waals surface area contributed by atoms with Crippen molar-refractivity contribution in [1.82, 2.24) is 9.13 Å². The Bertz CT molecular complexity index is 3190. The van der Waals surface area contributed by atoms with Crippen LogP contribution in [-0.4, -0.2) is 9.13 Å². The molecule has 2 heterocycles. The predicted molar refractivity (Wildman–Crippen MR) is 221 cm³/mol. The van der Waals surface area contributed by atoms with Crippen LogP contribution in [0.15, 0.2) is 182 Å². The molecule has 0 N–H and O–H groups in total. The molecule has 10 aromatic rings. The van der Waals surface area contributed by atoms with Gasteiger partial charge in [0, 0.05) is 32.8 Å². The van der Waals surface area contributed by atoms with E-state index in [0.29, 0.717) is 11.1 Å². The van der Waals surface area contributed by atoms with Gasteiger partial charge in [-0.1, -0.05) is 127 Å². The van der Waals surface area contributed by atoms with Crippen molar-refractivity contribution < 1.29 is 0 Å². The van der Waals surface area contributed by atoms with E-state index in [9.17, 15) is 10.5 Å². The van der Waals surface area contributed by atoms with E-state index in [4.69, 9.17) is 0 Å². The Balaban J connectivity index is 1.25. The molecule has 10 rings (SSSR count). The van der Waals surface area contributed by atoms with Crippen LogP contribution in [0.5, 0.6) is 0 Å². The van der Waals surface area contributed by atoms with Gasteiger partial charge in [-0.2, -0.15) is 10.5 Å². The summed E-state index contributed by atoms with van der Waals surface area (Å²) in [5.74, 6) is 0. The summed E-state index contributed by atoms with van der Waals surface area (Å²) in [5.41, 5.74) is 14.2. The second kappa shape index (κ2) is 12.5. The number of hydrogen-bond donors (Lipinski definition) is 0. The minimum absolute atomic E-state index is 0.630. The first-order chi connectivity index (χ1) is 26.7. The summed E-state index contributed by atoms with van der Waals surface area (Å²) in [6.45, 7) is 0. The van der Waals surface area contributed by atoms with E-state index in [1.54, 1.807) is 0 Å². The van der Waals surface area contributed by atoms with E-state index >= 15 is 0 Å². The number of benzene rings is 8. The first-order valence-corrected chi connectivity index (χ1v) is 18.0. The van der Waals surface area contributed by atoms with E-state index in [0.717, 1.165) is 88.4 Å². The Morgan fingerprint density at radius 1 is 0.370 bits per heavy atom. The van der Waals surface area contributed by atoms with E-state index in [2.05, 4.69) is 161 Å². The van der Waals surface area contributed by atoms with Gasteiger partial charge < -0.3 is 9.13 Å². The molecule has 0 saturated carbocycles. The third kappa shape index (κ3) is 4.68. The molecule has 54 heavy (non-hydrogen) atoms. The van der Waals surface area contributed by atoms with Gasteiger partial charge >= 0.3 is 0 Å². The summed E-state index contributed by atoms with van der Waals surface area (Å²) < 4.78 is 4.56. The topological polar surface area (TPSA) is 57.4 Å². The molecule has 2 aromatic heterocycles. The van der Waals surface area contributed by atoms with Gasteiger partial charge in [0.15, 0.2) is 0 Å². The van der Waals surface area contributed by atoms with Crippen LogP contribution in [0.1, 0.15) is 11.1 Å². The standard InChI is InChI=1S/C50H30N4/c51-31-33-28-29-47-44(30-33)42-24-12-23-41(50(42)53(47)35-15-2-1-3-16-35)39-20-8-6-18-37(39)36-17-5-7-19-38(36)40-22-13-27-48-49(40)43-21-9-11-26-46(43)54(48)45-25-10-4-14-34(45)32-52/h1-30H. The third-order valence-electron chi connectivity index (χ3n) is 10.6. The molecule has 0 amide bonds. The molecule has 0 bridgehead atoms. The van der Waals surface area contributed by atoms with Crippen LogP contribution in [0, 0.1) is 22.7 Å². The lowest BCUT2D eigenvalue weighted by molar-refractivity contribution is 1.17. The minimum atomic E-state index is 0.630. The molecule has 0 spiro atoms. The molecule has 8 aromatic carbocycles. The highest BCUT2D eigenvalue weighted by Crippen LogP contribution is 2.46. The smallest absolute Gasteiger partial charge is 0.101 e. The normalized spacial score (nSPS) is 11.3. The van der Waals surface area contributed by atoms with E-state index < -0.39 is 0 Å². The van der Waals surface area contributed by atoms with Crippen molar-refractivity contribution in [2.75, 3.05) is 0 Å². The highest BCUT2D eigenvalue weighted by Gasteiger charge is 2.22. The number of nitriles is 2. The van der Waals surface area contributed by atoms with Gasteiger partial charge in [0.1, 0.15) is 6.07 Å². The van der Waals surface area contributed by atoms with Crippen LogP contribution in [0.2, 0.25) is 0 Å². The van der Waals surface area contributed by atoms with Crippen molar-refractivity contribution in [3.05, 3.63) is 193 Å². The van der Waals surface area contributed by atoms with Crippen LogP contribution < -0.4 is 0 Å². The lowest BCUT2D eigenvalue weighted by Crippen LogP contribution is -1.97. The van der Waals surface area contributed by atoms with Crippen molar-refractivity contribution in [3.63, 3.8) is 0 Å². The Labute approximate surface area is 312 Å². The van der Waals surface area contributed by atoms with Gasteiger partial charge in [-0.3, -0.25) is 0 Å². The second-order valence-electron chi connectivity index (χ2n) is 13.5. The molecule has 4 heteroatoms. The summed E-state index contributed by atoms with van der Waals surface area (Å²) in [4.78, 5) is 0. The summed E-state index contributed by atoms with van der Waals surface area (Å²) in [6, 6.07) is 67.9. The van der Waals surface area contributed by atoms with Gasteiger partial charge in [-0.25, -0.2) is 0 Å². The highest BCUT2D eigenvalue weighted by atomic mass is 15.0. The quantitative estimate of drug-likeness (QED) is 0.181. The fourth-order valence-electron chi connectivity index (χ4n) is 8.37. The van der Waals surface area contributed by atoms with Crippen molar-refractivity contribution in [3.8, 4) is 56.9 Å². The molecule has 4 nitrogen and oxygen atoms in total. The van der Waals surface area contributed by atoms with Crippen molar-refractivity contribution in [1.29, 1.82) is 10.5 Å². The number of rotatable bonds is 5. The highest BCUT2D eigenvalue weighted by molar-refractivity contribution is 6.18. The second-order valence-corrected chi connectivity index (χ2v) is 13.5. The number of aromatic nitrogens is 2. The molecule has 0 saturated heterocycles. The predicted octanol–water partition coefficient (Wildman–Crippen LogP) is 12.6.